The zero-order valence-electron chi connectivity index (χ0n) is 12.6. The fraction of sp³-hybridized carbons (Fsp3) is 0.529. The molecule has 5 heteroatoms. The van der Waals surface area contributed by atoms with E-state index in [-0.39, 0.29) is 30.2 Å². The molecule has 3 aliphatic rings. The van der Waals surface area contributed by atoms with Gasteiger partial charge in [-0.05, 0) is 29.7 Å². The first-order valence-electron chi connectivity index (χ1n) is 7.77. The summed E-state index contributed by atoms with van der Waals surface area (Å²) in [5.74, 6) is 0.249. The number of phenols is 1. The normalized spacial score (nSPS) is 33.1. The van der Waals surface area contributed by atoms with Crippen molar-refractivity contribution in [2.45, 2.75) is 31.0 Å². The number of fused-ring (bicyclic) bond motifs is 2. The van der Waals surface area contributed by atoms with Gasteiger partial charge in [-0.1, -0.05) is 11.6 Å². The van der Waals surface area contributed by atoms with Gasteiger partial charge in [0.15, 0.2) is 11.5 Å². The lowest BCUT2D eigenvalue weighted by molar-refractivity contribution is 0.0294. The highest BCUT2D eigenvalue weighted by molar-refractivity contribution is 5.51. The van der Waals surface area contributed by atoms with Gasteiger partial charge in [-0.15, -0.1) is 0 Å². The number of phenolic OH excluding ortho intramolecular Hbond substituents is 1. The van der Waals surface area contributed by atoms with E-state index < -0.39 is 6.10 Å². The number of hydrogen-bond acceptors (Lipinski definition) is 5. The molecule has 4 atom stereocenters. The average Bonchev–Trinajstić information content (AvgIpc) is 2.92. The molecule has 2 heterocycles. The van der Waals surface area contributed by atoms with Crippen molar-refractivity contribution in [3.8, 4) is 11.5 Å². The topological polar surface area (TPSA) is 73.2 Å². The first-order chi connectivity index (χ1) is 10.6. The molecular weight excluding hydrogens is 282 g/mol. The number of rotatable bonds is 2. The maximum Gasteiger partial charge on any atom is 0.160 e. The SMILES string of the molecule is COc1cc2c(cc1O)C1C(O)C(CO)C=C3CCN(C2)C31. The maximum absolute atomic E-state index is 10.7. The Morgan fingerprint density at radius 2 is 2.18 bits per heavy atom. The van der Waals surface area contributed by atoms with Crippen LogP contribution in [0.25, 0.3) is 0 Å². The number of methoxy groups -OCH3 is 1. The minimum atomic E-state index is -0.633. The zero-order chi connectivity index (χ0) is 15.4. The molecule has 4 rings (SSSR count). The summed E-state index contributed by atoms with van der Waals surface area (Å²) in [6, 6.07) is 3.80. The van der Waals surface area contributed by atoms with Crippen molar-refractivity contribution in [3.05, 3.63) is 34.9 Å². The minimum Gasteiger partial charge on any atom is -0.504 e. The number of hydrogen-bond donors (Lipinski definition) is 3. The lowest BCUT2D eigenvalue weighted by Crippen LogP contribution is -2.49. The van der Waals surface area contributed by atoms with Gasteiger partial charge in [0.1, 0.15) is 0 Å². The monoisotopic (exact) mass is 303 g/mol. The first-order valence-corrected chi connectivity index (χ1v) is 7.77. The van der Waals surface area contributed by atoms with Crippen molar-refractivity contribution in [1.29, 1.82) is 0 Å². The average molecular weight is 303 g/mol. The number of ether oxygens (including phenoxy) is 1. The molecule has 5 nitrogen and oxygen atoms in total. The van der Waals surface area contributed by atoms with Gasteiger partial charge in [-0.2, -0.15) is 0 Å². The predicted molar refractivity (Wildman–Crippen MR) is 80.9 cm³/mol. The van der Waals surface area contributed by atoms with E-state index >= 15 is 0 Å². The van der Waals surface area contributed by atoms with Crippen LogP contribution in [0.1, 0.15) is 23.5 Å². The molecule has 0 amide bonds. The molecule has 0 spiro atoms. The third-order valence-electron chi connectivity index (χ3n) is 5.42. The van der Waals surface area contributed by atoms with Crippen molar-refractivity contribution < 1.29 is 20.1 Å². The molecule has 1 saturated heterocycles. The van der Waals surface area contributed by atoms with Gasteiger partial charge in [0.2, 0.25) is 0 Å². The molecule has 0 radical (unpaired) electrons. The minimum absolute atomic E-state index is 0.0502. The molecule has 0 bridgehead atoms. The van der Waals surface area contributed by atoms with Gasteiger partial charge >= 0.3 is 0 Å². The number of nitrogens with zero attached hydrogens (tertiary/aromatic N) is 1. The molecule has 22 heavy (non-hydrogen) atoms. The smallest absolute Gasteiger partial charge is 0.160 e. The molecule has 2 aliphatic heterocycles. The summed E-state index contributed by atoms with van der Waals surface area (Å²) in [5.41, 5.74) is 3.39. The van der Waals surface area contributed by atoms with Gasteiger partial charge in [-0.3, -0.25) is 4.90 Å². The van der Waals surface area contributed by atoms with Crippen molar-refractivity contribution in [2.75, 3.05) is 20.3 Å². The summed E-state index contributed by atoms with van der Waals surface area (Å²) < 4.78 is 5.21. The summed E-state index contributed by atoms with van der Waals surface area (Å²) in [6.07, 6.45) is 2.41. The fourth-order valence-corrected chi connectivity index (χ4v) is 4.41. The number of aromatic hydroxyl groups is 1. The predicted octanol–water partition coefficient (Wildman–Crippen LogP) is 0.982. The Morgan fingerprint density at radius 1 is 1.36 bits per heavy atom. The van der Waals surface area contributed by atoms with E-state index in [9.17, 15) is 15.3 Å². The Morgan fingerprint density at radius 3 is 2.91 bits per heavy atom. The highest BCUT2D eigenvalue weighted by Gasteiger charge is 2.48. The molecule has 1 aliphatic carbocycles. The van der Waals surface area contributed by atoms with Crippen LogP contribution in [0.15, 0.2) is 23.8 Å². The van der Waals surface area contributed by atoms with E-state index in [1.807, 2.05) is 6.07 Å². The Kier molecular flexibility index (Phi) is 3.18. The summed E-state index contributed by atoms with van der Waals surface area (Å²) in [4.78, 5) is 2.38. The maximum atomic E-state index is 10.7. The molecular formula is C17H21NO4. The van der Waals surface area contributed by atoms with E-state index in [0.29, 0.717) is 5.75 Å². The number of aliphatic hydroxyl groups excluding tert-OH is 2. The fourth-order valence-electron chi connectivity index (χ4n) is 4.41. The quantitative estimate of drug-likeness (QED) is 0.710. The van der Waals surface area contributed by atoms with Crippen molar-refractivity contribution in [3.63, 3.8) is 0 Å². The Bertz CT molecular complexity index is 642. The molecule has 1 aromatic rings. The second-order valence-corrected chi connectivity index (χ2v) is 6.49. The van der Waals surface area contributed by atoms with Crippen LogP contribution >= 0.6 is 0 Å². The van der Waals surface area contributed by atoms with Crippen molar-refractivity contribution >= 4 is 0 Å². The van der Waals surface area contributed by atoms with Crippen LogP contribution in [-0.2, 0) is 6.54 Å². The Labute approximate surface area is 129 Å². The van der Waals surface area contributed by atoms with Gasteiger partial charge in [-0.25, -0.2) is 0 Å². The lowest BCUT2D eigenvalue weighted by atomic mass is 9.70. The van der Waals surface area contributed by atoms with Crippen molar-refractivity contribution in [2.24, 2.45) is 5.92 Å². The molecule has 4 unspecified atom stereocenters. The molecule has 3 N–H and O–H groups in total. The summed E-state index contributed by atoms with van der Waals surface area (Å²) >= 11 is 0. The van der Waals surface area contributed by atoms with Gasteiger partial charge in [0.05, 0.1) is 19.8 Å². The second kappa shape index (κ2) is 4.98. The van der Waals surface area contributed by atoms with E-state index in [0.717, 1.165) is 30.6 Å². The van der Waals surface area contributed by atoms with Gasteiger partial charge < -0.3 is 20.1 Å². The summed E-state index contributed by atoms with van der Waals surface area (Å²) in [6.45, 7) is 1.73. The highest BCUT2D eigenvalue weighted by Crippen LogP contribution is 2.49. The number of aliphatic hydroxyl groups is 2. The van der Waals surface area contributed by atoms with Gasteiger partial charge in [0.25, 0.3) is 0 Å². The van der Waals surface area contributed by atoms with E-state index in [1.165, 1.54) is 5.57 Å². The third-order valence-corrected chi connectivity index (χ3v) is 5.42. The van der Waals surface area contributed by atoms with Crippen LogP contribution in [0.4, 0.5) is 0 Å². The summed E-state index contributed by atoms with van der Waals surface area (Å²) in [7, 11) is 1.54. The molecule has 1 aromatic carbocycles. The molecule has 0 saturated carbocycles. The van der Waals surface area contributed by atoms with Crippen LogP contribution in [0, 0.1) is 5.92 Å². The highest BCUT2D eigenvalue weighted by atomic mass is 16.5. The van der Waals surface area contributed by atoms with Crippen LogP contribution in [0.3, 0.4) is 0 Å². The zero-order valence-corrected chi connectivity index (χ0v) is 12.6. The largest absolute Gasteiger partial charge is 0.504 e. The first kappa shape index (κ1) is 14.1. The third kappa shape index (κ3) is 1.82. The Balaban J connectivity index is 1.86. The second-order valence-electron chi connectivity index (χ2n) is 6.49. The standard InChI is InChI=1S/C17H21NO4/c1-22-14-5-10-7-18-3-2-9-4-11(8-19)17(21)15(16(9)18)12(10)6-13(14)20/h4-6,11,15-17,19-21H,2-3,7-8H2,1H3. The van der Waals surface area contributed by atoms with E-state index in [1.54, 1.807) is 13.2 Å². The molecule has 0 aromatic heterocycles. The Hall–Kier alpha value is -1.56. The van der Waals surface area contributed by atoms with Gasteiger partial charge in [0, 0.05) is 31.0 Å². The molecule has 118 valence electrons. The lowest BCUT2D eigenvalue weighted by Gasteiger charge is -2.45. The van der Waals surface area contributed by atoms with E-state index in [2.05, 4.69) is 11.0 Å². The van der Waals surface area contributed by atoms with E-state index in [4.69, 9.17) is 4.74 Å². The van der Waals surface area contributed by atoms with Crippen LogP contribution in [0.5, 0.6) is 11.5 Å². The summed E-state index contributed by atoms with van der Waals surface area (Å²) in [5, 5.41) is 30.5. The molecule has 1 fully saturated rings. The van der Waals surface area contributed by atoms with Crippen LogP contribution in [-0.4, -0.2) is 52.6 Å². The van der Waals surface area contributed by atoms with Crippen molar-refractivity contribution in [1.82, 2.24) is 4.90 Å². The van der Waals surface area contributed by atoms with Crippen LogP contribution < -0.4 is 4.74 Å². The van der Waals surface area contributed by atoms with Crippen LogP contribution in [0.2, 0.25) is 0 Å². The number of benzene rings is 1.